The molecule has 2 unspecified atom stereocenters. The first-order valence-electron chi connectivity index (χ1n) is 7.22. The van der Waals surface area contributed by atoms with E-state index >= 15 is 0 Å². The van der Waals surface area contributed by atoms with Gasteiger partial charge in [0.15, 0.2) is 5.78 Å². The molecule has 104 valence electrons. The van der Waals surface area contributed by atoms with E-state index in [1.807, 2.05) is 19.9 Å². The molecule has 1 aliphatic rings. The van der Waals surface area contributed by atoms with Crippen molar-refractivity contribution in [1.29, 1.82) is 0 Å². The minimum absolute atomic E-state index is 0.0989. The van der Waals surface area contributed by atoms with Crippen molar-refractivity contribution in [2.45, 2.75) is 52.6 Å². The quantitative estimate of drug-likeness (QED) is 0.772. The van der Waals surface area contributed by atoms with Gasteiger partial charge >= 0.3 is 0 Å². The first-order chi connectivity index (χ1) is 9.06. The highest BCUT2D eigenvalue weighted by atomic mass is 16.5. The fourth-order valence-corrected chi connectivity index (χ4v) is 2.80. The third-order valence-corrected chi connectivity index (χ3v) is 3.68. The Morgan fingerprint density at radius 1 is 1.37 bits per heavy atom. The van der Waals surface area contributed by atoms with E-state index in [1.54, 1.807) is 12.4 Å². The zero-order chi connectivity index (χ0) is 13.8. The molecule has 1 heterocycles. The number of pyridine rings is 1. The average Bonchev–Trinajstić information content (AvgIpc) is 2.37. The molecule has 0 saturated heterocycles. The lowest BCUT2D eigenvalue weighted by Crippen LogP contribution is -2.22. The number of hydrogen-bond donors (Lipinski definition) is 0. The van der Waals surface area contributed by atoms with Gasteiger partial charge in [-0.2, -0.15) is 0 Å². The van der Waals surface area contributed by atoms with Crippen LogP contribution in [-0.2, 0) is 0 Å². The van der Waals surface area contributed by atoms with Gasteiger partial charge in [-0.15, -0.1) is 0 Å². The van der Waals surface area contributed by atoms with Gasteiger partial charge in [-0.25, -0.2) is 0 Å². The van der Waals surface area contributed by atoms with Crippen LogP contribution in [0.5, 0.6) is 5.75 Å². The number of ether oxygens (including phenoxy) is 1. The summed E-state index contributed by atoms with van der Waals surface area (Å²) in [5.74, 6) is 1.74. The van der Waals surface area contributed by atoms with E-state index in [0.29, 0.717) is 17.2 Å². The third kappa shape index (κ3) is 3.79. The normalized spacial score (nSPS) is 23.4. The van der Waals surface area contributed by atoms with E-state index in [1.165, 1.54) is 6.42 Å². The second-order valence-corrected chi connectivity index (χ2v) is 5.91. The SMILES string of the molecule is CC1CCCC(C(=O)c2cncc(OC(C)C)c2)C1. The van der Waals surface area contributed by atoms with Crippen LogP contribution in [0.3, 0.4) is 0 Å². The van der Waals surface area contributed by atoms with Gasteiger partial charge in [0.1, 0.15) is 5.75 Å². The Labute approximate surface area is 115 Å². The van der Waals surface area contributed by atoms with E-state index in [0.717, 1.165) is 19.3 Å². The summed E-state index contributed by atoms with van der Waals surface area (Å²) in [7, 11) is 0. The van der Waals surface area contributed by atoms with Crippen LogP contribution in [0, 0.1) is 11.8 Å². The molecule has 1 aromatic rings. The van der Waals surface area contributed by atoms with E-state index < -0.39 is 0 Å². The fourth-order valence-electron chi connectivity index (χ4n) is 2.80. The zero-order valence-corrected chi connectivity index (χ0v) is 12.1. The molecule has 3 nitrogen and oxygen atoms in total. The summed E-state index contributed by atoms with van der Waals surface area (Å²) in [5.41, 5.74) is 0.692. The molecular formula is C16H23NO2. The molecule has 1 saturated carbocycles. The van der Waals surface area contributed by atoms with E-state index in [9.17, 15) is 4.79 Å². The first-order valence-corrected chi connectivity index (χ1v) is 7.22. The maximum Gasteiger partial charge on any atom is 0.167 e. The minimum atomic E-state index is 0.0989. The minimum Gasteiger partial charge on any atom is -0.489 e. The predicted octanol–water partition coefficient (Wildman–Crippen LogP) is 3.88. The molecule has 0 aromatic carbocycles. The van der Waals surface area contributed by atoms with E-state index in [-0.39, 0.29) is 17.8 Å². The van der Waals surface area contributed by atoms with Crippen molar-refractivity contribution < 1.29 is 9.53 Å². The molecule has 3 heteroatoms. The molecule has 0 N–H and O–H groups in total. The van der Waals surface area contributed by atoms with Crippen molar-refractivity contribution >= 4 is 5.78 Å². The van der Waals surface area contributed by atoms with Crippen molar-refractivity contribution in [1.82, 2.24) is 4.98 Å². The summed E-state index contributed by atoms with van der Waals surface area (Å²) in [6, 6.07) is 1.83. The Morgan fingerprint density at radius 3 is 2.84 bits per heavy atom. The second kappa shape index (κ2) is 6.18. The Hall–Kier alpha value is -1.38. The molecule has 1 aromatic heterocycles. The maximum absolute atomic E-state index is 12.5. The summed E-state index contributed by atoms with van der Waals surface area (Å²) in [5, 5.41) is 0. The molecule has 2 atom stereocenters. The second-order valence-electron chi connectivity index (χ2n) is 5.91. The average molecular weight is 261 g/mol. The summed E-state index contributed by atoms with van der Waals surface area (Å²) in [4.78, 5) is 16.6. The van der Waals surface area contributed by atoms with Crippen molar-refractivity contribution in [2.75, 3.05) is 0 Å². The maximum atomic E-state index is 12.5. The Kier molecular flexibility index (Phi) is 4.56. The molecule has 0 bridgehead atoms. The van der Waals surface area contributed by atoms with Gasteiger partial charge in [-0.3, -0.25) is 9.78 Å². The van der Waals surface area contributed by atoms with Crippen LogP contribution in [0.4, 0.5) is 0 Å². The topological polar surface area (TPSA) is 39.2 Å². The monoisotopic (exact) mass is 261 g/mol. The standard InChI is InChI=1S/C16H23NO2/c1-11(2)19-15-8-14(9-17-10-15)16(18)13-6-4-5-12(3)7-13/h8-13H,4-7H2,1-3H3. The van der Waals surface area contributed by atoms with Crippen LogP contribution in [-0.4, -0.2) is 16.9 Å². The number of rotatable bonds is 4. The molecule has 19 heavy (non-hydrogen) atoms. The highest BCUT2D eigenvalue weighted by molar-refractivity contribution is 5.97. The molecule has 1 fully saturated rings. The van der Waals surface area contributed by atoms with Gasteiger partial charge in [0.05, 0.1) is 12.3 Å². The van der Waals surface area contributed by atoms with Crippen LogP contribution in [0.1, 0.15) is 56.8 Å². The fraction of sp³-hybridized carbons (Fsp3) is 0.625. The Morgan fingerprint density at radius 2 is 2.16 bits per heavy atom. The lowest BCUT2D eigenvalue weighted by molar-refractivity contribution is 0.0867. The van der Waals surface area contributed by atoms with Crippen LogP contribution in [0.25, 0.3) is 0 Å². The van der Waals surface area contributed by atoms with Gasteiger partial charge < -0.3 is 4.74 Å². The van der Waals surface area contributed by atoms with Crippen molar-refractivity contribution in [3.8, 4) is 5.75 Å². The van der Waals surface area contributed by atoms with Gasteiger partial charge in [0.25, 0.3) is 0 Å². The lowest BCUT2D eigenvalue weighted by Gasteiger charge is -2.25. The molecular weight excluding hydrogens is 238 g/mol. The van der Waals surface area contributed by atoms with E-state index in [2.05, 4.69) is 11.9 Å². The number of ketones is 1. The van der Waals surface area contributed by atoms with Crippen LogP contribution in [0.2, 0.25) is 0 Å². The van der Waals surface area contributed by atoms with Crippen LogP contribution >= 0.6 is 0 Å². The number of nitrogens with zero attached hydrogens (tertiary/aromatic N) is 1. The third-order valence-electron chi connectivity index (χ3n) is 3.68. The Bertz CT molecular complexity index is 442. The smallest absolute Gasteiger partial charge is 0.167 e. The summed E-state index contributed by atoms with van der Waals surface area (Å²) in [6.07, 6.45) is 7.86. The van der Waals surface area contributed by atoms with Crippen LogP contribution in [0.15, 0.2) is 18.5 Å². The summed E-state index contributed by atoms with van der Waals surface area (Å²) >= 11 is 0. The number of hydrogen-bond acceptors (Lipinski definition) is 3. The number of carbonyl (C=O) groups excluding carboxylic acids is 1. The predicted molar refractivity (Wildman–Crippen MR) is 75.5 cm³/mol. The molecule has 0 radical (unpaired) electrons. The summed E-state index contributed by atoms with van der Waals surface area (Å²) in [6.45, 7) is 6.17. The number of aromatic nitrogens is 1. The first kappa shape index (κ1) is 14.0. The Balaban J connectivity index is 2.10. The molecule has 0 spiro atoms. The summed E-state index contributed by atoms with van der Waals surface area (Å²) < 4.78 is 5.60. The van der Waals surface area contributed by atoms with Crippen LogP contribution < -0.4 is 4.74 Å². The number of carbonyl (C=O) groups is 1. The van der Waals surface area contributed by atoms with Gasteiger partial charge in [-0.1, -0.05) is 19.8 Å². The molecule has 2 rings (SSSR count). The lowest BCUT2D eigenvalue weighted by atomic mass is 9.79. The van der Waals surface area contributed by atoms with Crippen molar-refractivity contribution in [2.24, 2.45) is 11.8 Å². The van der Waals surface area contributed by atoms with E-state index in [4.69, 9.17) is 4.74 Å². The molecule has 0 amide bonds. The van der Waals surface area contributed by atoms with Crippen molar-refractivity contribution in [3.05, 3.63) is 24.0 Å². The number of Topliss-reactive ketones (excluding diaryl/α,β-unsaturated/α-hetero) is 1. The zero-order valence-electron chi connectivity index (χ0n) is 12.1. The molecule has 0 aliphatic heterocycles. The highest BCUT2D eigenvalue weighted by Gasteiger charge is 2.26. The van der Waals surface area contributed by atoms with Crippen molar-refractivity contribution in [3.63, 3.8) is 0 Å². The van der Waals surface area contributed by atoms with Gasteiger partial charge in [-0.05, 0) is 38.7 Å². The molecule has 1 aliphatic carbocycles. The largest absolute Gasteiger partial charge is 0.489 e. The van der Waals surface area contributed by atoms with Gasteiger partial charge in [0.2, 0.25) is 0 Å². The van der Waals surface area contributed by atoms with Gasteiger partial charge in [0, 0.05) is 17.7 Å². The highest BCUT2D eigenvalue weighted by Crippen LogP contribution is 2.31.